The highest BCUT2D eigenvalue weighted by Crippen LogP contribution is 2.47. The highest BCUT2D eigenvalue weighted by molar-refractivity contribution is 5.90. The molecule has 8 nitrogen and oxygen atoms in total. The van der Waals surface area contributed by atoms with Gasteiger partial charge in [0.1, 0.15) is 17.4 Å². The molecule has 2 aliphatic heterocycles. The third-order valence-electron chi connectivity index (χ3n) is 7.20. The predicted molar refractivity (Wildman–Crippen MR) is 126 cm³/mol. The van der Waals surface area contributed by atoms with Crippen LogP contribution in [0.25, 0.3) is 11.0 Å². The number of nitrogens with one attached hydrogen (secondary N) is 1. The summed E-state index contributed by atoms with van der Waals surface area (Å²) in [6.07, 6.45) is 1.14. The Bertz CT molecular complexity index is 1260. The first-order valence-electron chi connectivity index (χ1n) is 11.5. The Hall–Kier alpha value is -3.46. The number of aromatic nitrogens is 2. The van der Waals surface area contributed by atoms with Crippen molar-refractivity contribution in [2.24, 2.45) is 11.8 Å². The van der Waals surface area contributed by atoms with Crippen LogP contribution in [0.2, 0.25) is 0 Å². The van der Waals surface area contributed by atoms with E-state index in [-0.39, 0.29) is 11.9 Å². The molecule has 176 valence electrons. The van der Waals surface area contributed by atoms with Crippen LogP contribution in [-0.2, 0) is 4.74 Å². The van der Waals surface area contributed by atoms with Crippen molar-refractivity contribution in [3.63, 3.8) is 0 Å². The summed E-state index contributed by atoms with van der Waals surface area (Å²) < 4.78 is 24.7. The van der Waals surface area contributed by atoms with Crippen LogP contribution < -0.4 is 19.9 Å². The molecule has 1 amide bonds. The number of amides is 1. The molecule has 1 N–H and O–H groups in total. The van der Waals surface area contributed by atoms with Gasteiger partial charge in [-0.15, -0.1) is 0 Å². The molecule has 0 bridgehead atoms. The average molecular weight is 464 g/mol. The number of piperidine rings is 1. The SMILES string of the molecule is COc1ccc2nccc(N3C[C@@H]4[C@H](C3)[C@H]4NC[C@@H]3CN(c4ccc(C)c(F)c4)C(=O)O3)c2n1. The van der Waals surface area contributed by atoms with E-state index in [9.17, 15) is 9.18 Å². The van der Waals surface area contributed by atoms with Gasteiger partial charge >= 0.3 is 6.09 Å². The quantitative estimate of drug-likeness (QED) is 0.602. The van der Waals surface area contributed by atoms with Crippen LogP contribution in [0.5, 0.6) is 5.88 Å². The van der Waals surface area contributed by atoms with Crippen LogP contribution in [-0.4, -0.2) is 61.5 Å². The first-order chi connectivity index (χ1) is 16.5. The maximum Gasteiger partial charge on any atom is 0.414 e. The van der Waals surface area contributed by atoms with E-state index in [0.29, 0.717) is 48.1 Å². The number of cyclic esters (lactones) is 1. The van der Waals surface area contributed by atoms with Crippen LogP contribution in [0.4, 0.5) is 20.6 Å². The molecule has 2 saturated heterocycles. The third kappa shape index (κ3) is 3.60. The zero-order valence-corrected chi connectivity index (χ0v) is 19.1. The summed E-state index contributed by atoms with van der Waals surface area (Å²) in [6, 6.07) is 11.0. The van der Waals surface area contributed by atoms with Crippen molar-refractivity contribution in [2.75, 3.05) is 43.1 Å². The number of anilines is 2. The number of carbonyl (C=O) groups is 1. The van der Waals surface area contributed by atoms with Crippen LogP contribution in [0.15, 0.2) is 42.6 Å². The molecular formula is C25H26FN5O3. The molecule has 3 aliphatic rings. The van der Waals surface area contributed by atoms with E-state index in [0.717, 1.165) is 29.8 Å². The van der Waals surface area contributed by atoms with Gasteiger partial charge in [0.2, 0.25) is 5.88 Å². The number of methoxy groups -OCH3 is 1. The van der Waals surface area contributed by atoms with Crippen molar-refractivity contribution in [2.45, 2.75) is 19.1 Å². The van der Waals surface area contributed by atoms with E-state index in [1.807, 2.05) is 24.4 Å². The Balaban J connectivity index is 1.05. The number of hydrogen-bond donors (Lipinski definition) is 1. The molecule has 34 heavy (non-hydrogen) atoms. The number of nitrogens with zero attached hydrogens (tertiary/aromatic N) is 4. The minimum atomic E-state index is -0.426. The Labute approximate surface area is 196 Å². The molecule has 9 heteroatoms. The van der Waals surface area contributed by atoms with E-state index < -0.39 is 6.09 Å². The van der Waals surface area contributed by atoms with Crippen molar-refractivity contribution >= 4 is 28.5 Å². The molecule has 0 spiro atoms. The van der Waals surface area contributed by atoms with Gasteiger partial charge in [-0.3, -0.25) is 9.88 Å². The van der Waals surface area contributed by atoms with Crippen molar-refractivity contribution in [3.8, 4) is 5.88 Å². The lowest BCUT2D eigenvalue weighted by molar-refractivity contribution is 0.139. The van der Waals surface area contributed by atoms with E-state index in [4.69, 9.17) is 9.47 Å². The zero-order valence-electron chi connectivity index (χ0n) is 19.1. The summed E-state index contributed by atoms with van der Waals surface area (Å²) in [5.41, 5.74) is 3.89. The number of aryl methyl sites for hydroxylation is 1. The lowest BCUT2D eigenvalue weighted by Gasteiger charge is -2.23. The topological polar surface area (TPSA) is 79.8 Å². The molecule has 1 aromatic carbocycles. The fourth-order valence-electron chi connectivity index (χ4n) is 5.24. The molecule has 6 rings (SSSR count). The number of halogens is 1. The Morgan fingerprint density at radius 3 is 2.76 bits per heavy atom. The first-order valence-corrected chi connectivity index (χ1v) is 11.5. The predicted octanol–water partition coefficient (Wildman–Crippen LogP) is 3.14. The van der Waals surface area contributed by atoms with Gasteiger partial charge in [-0.25, -0.2) is 14.2 Å². The maximum absolute atomic E-state index is 13.9. The summed E-state index contributed by atoms with van der Waals surface area (Å²) in [4.78, 5) is 25.2. The molecule has 4 atom stereocenters. The first kappa shape index (κ1) is 21.1. The van der Waals surface area contributed by atoms with E-state index >= 15 is 0 Å². The minimum Gasteiger partial charge on any atom is -0.481 e. The minimum absolute atomic E-state index is 0.255. The van der Waals surface area contributed by atoms with Gasteiger partial charge in [-0.1, -0.05) is 6.07 Å². The normalized spacial score (nSPS) is 25.6. The summed E-state index contributed by atoms with van der Waals surface area (Å²) in [7, 11) is 1.62. The second kappa shape index (κ2) is 8.09. The van der Waals surface area contributed by atoms with Crippen LogP contribution in [0.3, 0.4) is 0 Å². The summed E-state index contributed by atoms with van der Waals surface area (Å²) in [5, 5.41) is 3.59. The summed E-state index contributed by atoms with van der Waals surface area (Å²) >= 11 is 0. The molecule has 3 fully saturated rings. The molecule has 0 unspecified atom stereocenters. The fraction of sp³-hybridized carbons (Fsp3) is 0.400. The van der Waals surface area contributed by atoms with Gasteiger partial charge in [0.15, 0.2) is 0 Å². The van der Waals surface area contributed by atoms with Gasteiger partial charge < -0.3 is 19.7 Å². The van der Waals surface area contributed by atoms with Crippen molar-refractivity contribution in [1.82, 2.24) is 15.3 Å². The van der Waals surface area contributed by atoms with Crippen LogP contribution >= 0.6 is 0 Å². The Kier molecular flexibility index (Phi) is 5.02. The second-order valence-electron chi connectivity index (χ2n) is 9.27. The summed E-state index contributed by atoms with van der Waals surface area (Å²) in [6.45, 7) is 4.59. The lowest BCUT2D eigenvalue weighted by Crippen LogP contribution is -2.36. The highest BCUT2D eigenvalue weighted by atomic mass is 19.1. The number of fused-ring (bicyclic) bond motifs is 2. The lowest BCUT2D eigenvalue weighted by atomic mass is 10.2. The molecular weight excluding hydrogens is 437 g/mol. The van der Waals surface area contributed by atoms with Gasteiger partial charge in [-0.05, 0) is 48.6 Å². The Morgan fingerprint density at radius 1 is 1.18 bits per heavy atom. The number of hydrogen-bond acceptors (Lipinski definition) is 7. The number of pyridine rings is 2. The van der Waals surface area contributed by atoms with Crippen LogP contribution in [0.1, 0.15) is 5.56 Å². The molecule has 1 saturated carbocycles. The van der Waals surface area contributed by atoms with E-state index in [1.165, 1.54) is 11.0 Å². The largest absolute Gasteiger partial charge is 0.481 e. The van der Waals surface area contributed by atoms with Crippen molar-refractivity contribution in [1.29, 1.82) is 0 Å². The van der Waals surface area contributed by atoms with Gasteiger partial charge in [0.05, 0.1) is 30.5 Å². The summed E-state index contributed by atoms with van der Waals surface area (Å²) in [5.74, 6) is 1.36. The van der Waals surface area contributed by atoms with E-state index in [1.54, 1.807) is 26.2 Å². The average Bonchev–Trinajstić information content (AvgIpc) is 3.15. The zero-order chi connectivity index (χ0) is 23.4. The van der Waals surface area contributed by atoms with E-state index in [2.05, 4.69) is 20.2 Å². The molecule has 4 heterocycles. The molecule has 1 aliphatic carbocycles. The standard InChI is InChI=1S/C25H26FN5O3/c1-14-3-4-15(9-19(14)26)31-11-16(34-25(31)32)10-28-23-17-12-30(13-18(17)23)21-7-8-27-20-5-6-22(33-2)29-24(20)21/h3-9,16-18,23,28H,10-13H2,1-2H3/t16-,17-,18+,23+/m1/s1. The fourth-order valence-corrected chi connectivity index (χ4v) is 5.24. The van der Waals surface area contributed by atoms with Crippen molar-refractivity contribution < 1.29 is 18.7 Å². The highest BCUT2D eigenvalue weighted by Gasteiger charge is 2.56. The Morgan fingerprint density at radius 2 is 2.00 bits per heavy atom. The molecule has 2 aromatic heterocycles. The molecule has 0 radical (unpaired) electrons. The maximum atomic E-state index is 13.9. The van der Waals surface area contributed by atoms with Crippen LogP contribution in [0, 0.1) is 24.6 Å². The van der Waals surface area contributed by atoms with Crippen molar-refractivity contribution in [3.05, 3.63) is 54.0 Å². The van der Waals surface area contributed by atoms with Gasteiger partial charge in [-0.2, -0.15) is 0 Å². The second-order valence-corrected chi connectivity index (χ2v) is 9.27. The number of ether oxygens (including phenoxy) is 2. The third-order valence-corrected chi connectivity index (χ3v) is 7.20. The monoisotopic (exact) mass is 463 g/mol. The van der Waals surface area contributed by atoms with Gasteiger partial charge in [0.25, 0.3) is 0 Å². The molecule has 3 aromatic rings. The number of benzene rings is 1. The smallest absolute Gasteiger partial charge is 0.414 e. The van der Waals surface area contributed by atoms with Gasteiger partial charge in [0, 0.05) is 37.9 Å². The number of carbonyl (C=O) groups excluding carboxylic acids is 1. The number of rotatable bonds is 6.